The number of hydrogen-bond acceptors (Lipinski definition) is 6. The minimum absolute atomic E-state index is 0.118. The van der Waals surface area contributed by atoms with Crippen LogP contribution < -0.4 is 4.90 Å². The van der Waals surface area contributed by atoms with E-state index in [1.54, 1.807) is 16.0 Å². The average Bonchev–Trinajstić information content (AvgIpc) is 3.05. The fourth-order valence-corrected chi connectivity index (χ4v) is 4.44. The summed E-state index contributed by atoms with van der Waals surface area (Å²) in [7, 11) is -1.52. The van der Waals surface area contributed by atoms with Gasteiger partial charge in [-0.1, -0.05) is 36.9 Å². The fraction of sp³-hybridized carbons (Fsp3) is 0.696. The number of carbonyl (C=O) groups is 2. The van der Waals surface area contributed by atoms with Crippen molar-refractivity contribution in [3.8, 4) is 11.5 Å². The molecule has 0 aromatic carbocycles. The lowest BCUT2D eigenvalue weighted by molar-refractivity contribution is 0.0200. The maximum atomic E-state index is 13.1. The normalized spacial score (nSPS) is 15.6. The van der Waals surface area contributed by atoms with E-state index >= 15 is 0 Å². The number of amides is 2. The number of aromatic nitrogens is 1. The molecule has 0 aliphatic carbocycles. The van der Waals surface area contributed by atoms with Crippen molar-refractivity contribution >= 4 is 36.7 Å². The van der Waals surface area contributed by atoms with Crippen LogP contribution in [0.1, 0.15) is 59.3 Å². The van der Waals surface area contributed by atoms with E-state index in [0.717, 1.165) is 4.88 Å². The Morgan fingerprint density at radius 2 is 1.66 bits per heavy atom. The summed E-state index contributed by atoms with van der Waals surface area (Å²) in [6, 6.07) is -0.118. The summed E-state index contributed by atoms with van der Waals surface area (Å²) in [4.78, 5) is 34.2. The van der Waals surface area contributed by atoms with Crippen LogP contribution in [0.15, 0.2) is 6.20 Å². The molecule has 0 unspecified atom stereocenters. The smallest absolute Gasteiger partial charge is 0.416 e. The fourth-order valence-electron chi connectivity index (χ4n) is 3.01. The molecule has 0 radical (unpaired) electrons. The highest BCUT2D eigenvalue weighted by molar-refractivity contribution is 7.16. The van der Waals surface area contributed by atoms with E-state index < -0.39 is 25.4 Å². The molecule has 0 N–H and O–H groups in total. The van der Waals surface area contributed by atoms with Crippen LogP contribution in [-0.2, 0) is 9.47 Å². The Labute approximate surface area is 197 Å². The largest absolute Gasteiger partial charge is 0.444 e. The Balaban J connectivity index is 2.21. The van der Waals surface area contributed by atoms with Gasteiger partial charge in [-0.05, 0) is 54.4 Å². The molecule has 1 saturated heterocycles. The number of likely N-dealkylation sites (tertiary alicyclic amines) is 1. The second kappa shape index (κ2) is 9.83. The molecule has 0 saturated carbocycles. The van der Waals surface area contributed by atoms with Crippen molar-refractivity contribution in [1.82, 2.24) is 9.88 Å². The molecule has 1 aromatic heterocycles. The van der Waals surface area contributed by atoms with Crippen LogP contribution in [-0.4, -0.2) is 60.5 Å². The van der Waals surface area contributed by atoms with Gasteiger partial charge in [0.1, 0.15) is 19.3 Å². The van der Waals surface area contributed by atoms with Crippen molar-refractivity contribution in [1.29, 1.82) is 0 Å². The Morgan fingerprint density at radius 3 is 2.16 bits per heavy atom. The third kappa shape index (κ3) is 8.47. The van der Waals surface area contributed by atoms with Crippen molar-refractivity contribution in [2.75, 3.05) is 18.0 Å². The van der Waals surface area contributed by atoms with E-state index in [-0.39, 0.29) is 12.1 Å². The van der Waals surface area contributed by atoms with E-state index in [2.05, 4.69) is 36.1 Å². The van der Waals surface area contributed by atoms with E-state index in [0.29, 0.717) is 31.1 Å². The molecule has 1 fully saturated rings. The summed E-state index contributed by atoms with van der Waals surface area (Å²) in [5.41, 5.74) is 2.18. The Kier molecular flexibility index (Phi) is 8.05. The SMILES string of the molecule is CC(C)(C)OC(=O)N1CCC(N(C(=O)OC(C)(C)C)c2ncc(C#C[Si](C)(C)C)s2)CC1. The van der Waals surface area contributed by atoms with Gasteiger partial charge in [-0.25, -0.2) is 19.5 Å². The molecule has 7 nitrogen and oxygen atoms in total. The van der Waals surface area contributed by atoms with Gasteiger partial charge in [0, 0.05) is 19.1 Å². The molecular weight excluding hydrogens is 442 g/mol. The summed E-state index contributed by atoms with van der Waals surface area (Å²) in [5, 5.41) is 0.579. The van der Waals surface area contributed by atoms with Gasteiger partial charge in [-0.15, -0.1) is 5.54 Å². The van der Waals surface area contributed by atoms with Gasteiger partial charge in [-0.3, -0.25) is 0 Å². The number of carbonyl (C=O) groups excluding carboxylic acids is 2. The van der Waals surface area contributed by atoms with Crippen LogP contribution in [0.4, 0.5) is 14.7 Å². The zero-order valence-corrected chi connectivity index (χ0v) is 22.7. The summed E-state index contributed by atoms with van der Waals surface area (Å²) < 4.78 is 11.2. The number of ether oxygens (including phenoxy) is 2. The molecule has 1 aromatic rings. The van der Waals surface area contributed by atoms with Gasteiger partial charge in [0.25, 0.3) is 0 Å². The van der Waals surface area contributed by atoms with E-state index in [1.165, 1.54) is 11.3 Å². The number of thiazole rings is 1. The van der Waals surface area contributed by atoms with Crippen LogP contribution in [0, 0.1) is 11.5 Å². The summed E-state index contributed by atoms with van der Waals surface area (Å²) in [6.07, 6.45) is 2.22. The Hall–Kier alpha value is -2.05. The highest BCUT2D eigenvalue weighted by atomic mass is 32.1. The number of nitrogens with zero attached hydrogens (tertiary/aromatic N) is 3. The maximum absolute atomic E-state index is 13.1. The van der Waals surface area contributed by atoms with Crippen LogP contribution in [0.2, 0.25) is 19.6 Å². The molecule has 9 heteroatoms. The van der Waals surface area contributed by atoms with Gasteiger partial charge in [0.2, 0.25) is 0 Å². The lowest BCUT2D eigenvalue weighted by Gasteiger charge is -2.38. The lowest BCUT2D eigenvalue weighted by Crippen LogP contribution is -2.51. The van der Waals surface area contributed by atoms with Gasteiger partial charge in [0.15, 0.2) is 5.13 Å². The summed E-state index contributed by atoms with van der Waals surface area (Å²) in [5.74, 6) is 3.21. The highest BCUT2D eigenvalue weighted by Crippen LogP contribution is 2.30. The van der Waals surface area contributed by atoms with Crippen molar-refractivity contribution in [3.05, 3.63) is 11.1 Å². The van der Waals surface area contributed by atoms with E-state index in [9.17, 15) is 9.59 Å². The first kappa shape index (κ1) is 26.2. The van der Waals surface area contributed by atoms with Gasteiger partial charge in [-0.2, -0.15) is 0 Å². The number of rotatable bonds is 2. The number of hydrogen-bond donors (Lipinski definition) is 0. The van der Waals surface area contributed by atoms with Gasteiger partial charge >= 0.3 is 12.2 Å². The monoisotopic (exact) mass is 479 g/mol. The molecule has 1 aliphatic rings. The third-order valence-electron chi connectivity index (χ3n) is 4.33. The van der Waals surface area contributed by atoms with Gasteiger partial charge < -0.3 is 14.4 Å². The molecule has 0 bridgehead atoms. The molecule has 32 heavy (non-hydrogen) atoms. The molecular formula is C23H37N3O4SSi. The minimum Gasteiger partial charge on any atom is -0.444 e. The van der Waals surface area contributed by atoms with Crippen LogP contribution in [0.5, 0.6) is 0 Å². The molecule has 2 heterocycles. The second-order valence-corrected chi connectivity index (χ2v) is 16.8. The second-order valence-electron chi connectivity index (χ2n) is 11.1. The van der Waals surface area contributed by atoms with E-state index in [1.807, 2.05) is 41.5 Å². The van der Waals surface area contributed by atoms with Crippen molar-refractivity contribution in [3.63, 3.8) is 0 Å². The highest BCUT2D eigenvalue weighted by Gasteiger charge is 2.36. The lowest BCUT2D eigenvalue weighted by atomic mass is 10.0. The zero-order valence-electron chi connectivity index (χ0n) is 20.9. The average molecular weight is 480 g/mol. The maximum Gasteiger partial charge on any atom is 0.416 e. The molecule has 178 valence electrons. The summed E-state index contributed by atoms with van der Waals surface area (Å²) >= 11 is 1.40. The molecule has 2 amide bonds. The predicted octanol–water partition coefficient (Wildman–Crippen LogP) is 5.51. The van der Waals surface area contributed by atoms with Crippen molar-refractivity contribution in [2.24, 2.45) is 0 Å². The first-order valence-corrected chi connectivity index (χ1v) is 15.3. The first-order chi connectivity index (χ1) is 14.5. The Bertz CT molecular complexity index is 876. The first-order valence-electron chi connectivity index (χ1n) is 11.0. The van der Waals surface area contributed by atoms with Crippen LogP contribution in [0.3, 0.4) is 0 Å². The molecule has 2 rings (SSSR count). The van der Waals surface area contributed by atoms with Gasteiger partial charge in [0.05, 0.1) is 11.1 Å². The standard InChI is InChI=1S/C23H37N3O4SSi/c1-22(2,3)29-20(27)25-13-10-17(11-14-25)26(21(28)30-23(4,5)6)19-24-16-18(31-19)12-15-32(7,8)9/h16-17H,10-11,13-14H2,1-9H3. The van der Waals surface area contributed by atoms with Crippen LogP contribution >= 0.6 is 11.3 Å². The zero-order chi connectivity index (χ0) is 24.3. The molecule has 1 aliphatic heterocycles. The minimum atomic E-state index is -1.52. The van der Waals surface area contributed by atoms with Crippen LogP contribution in [0.25, 0.3) is 0 Å². The topological polar surface area (TPSA) is 72.0 Å². The third-order valence-corrected chi connectivity index (χ3v) is 6.12. The number of piperidine rings is 1. The van der Waals surface area contributed by atoms with Crippen molar-refractivity contribution in [2.45, 2.75) is 91.3 Å². The molecule has 0 atom stereocenters. The number of anilines is 1. The van der Waals surface area contributed by atoms with E-state index in [4.69, 9.17) is 9.47 Å². The van der Waals surface area contributed by atoms with Crippen molar-refractivity contribution < 1.29 is 19.1 Å². The predicted molar refractivity (Wildman–Crippen MR) is 132 cm³/mol. The Morgan fingerprint density at radius 1 is 1.09 bits per heavy atom. The summed E-state index contributed by atoms with van der Waals surface area (Å²) in [6.45, 7) is 18.7. The quantitative estimate of drug-likeness (QED) is 0.413. The molecule has 0 spiro atoms.